The van der Waals surface area contributed by atoms with Crippen molar-refractivity contribution in [2.75, 3.05) is 0 Å². The molecule has 0 saturated heterocycles. The van der Waals surface area contributed by atoms with Crippen LogP contribution in [0.4, 0.5) is 13.2 Å². The number of rotatable bonds is 4. The van der Waals surface area contributed by atoms with Crippen LogP contribution in [0.5, 0.6) is 0 Å². The largest absolute Gasteiger partial charge is 0.450 e. The second-order valence-corrected chi connectivity index (χ2v) is 2.39. The van der Waals surface area contributed by atoms with Crippen LogP contribution in [0, 0.1) is 0 Å². The maximum absolute atomic E-state index is 11.5. The predicted molar refractivity (Wildman–Crippen MR) is 35.6 cm³/mol. The van der Waals surface area contributed by atoms with E-state index < -0.39 is 24.2 Å². The Morgan fingerprint density at radius 2 is 1.75 bits per heavy atom. The second kappa shape index (κ2) is 4.23. The van der Waals surface area contributed by atoms with Gasteiger partial charge in [-0.2, -0.15) is 13.2 Å². The first-order chi connectivity index (χ1) is 5.38. The average Bonchev–Trinajstić information content (AvgIpc) is 1.85. The molecule has 0 radical (unpaired) electrons. The standard InChI is InChI=1S/C7H9F3O2/c1-2-3-5(11)4-6(12)7(8,9)10/h2-4H2,1H3. The van der Waals surface area contributed by atoms with E-state index in [0.717, 1.165) is 0 Å². The maximum Gasteiger partial charge on any atom is 0.450 e. The molecule has 0 heterocycles. The molecule has 0 unspecified atom stereocenters. The number of Topliss-reactive ketones (excluding diaryl/α,β-unsaturated/α-hetero) is 2. The van der Waals surface area contributed by atoms with E-state index in [0.29, 0.717) is 6.42 Å². The van der Waals surface area contributed by atoms with E-state index in [1.165, 1.54) is 0 Å². The van der Waals surface area contributed by atoms with Crippen LogP contribution < -0.4 is 0 Å². The summed E-state index contributed by atoms with van der Waals surface area (Å²) >= 11 is 0. The van der Waals surface area contributed by atoms with Gasteiger partial charge in [-0.05, 0) is 6.42 Å². The lowest BCUT2D eigenvalue weighted by Gasteiger charge is -2.02. The van der Waals surface area contributed by atoms with E-state index in [-0.39, 0.29) is 6.42 Å². The molecule has 0 spiro atoms. The summed E-state index contributed by atoms with van der Waals surface area (Å²) in [5.74, 6) is -2.61. The van der Waals surface area contributed by atoms with E-state index >= 15 is 0 Å². The van der Waals surface area contributed by atoms with E-state index in [4.69, 9.17) is 0 Å². The molecule has 0 bridgehead atoms. The Labute approximate surface area is 67.7 Å². The Morgan fingerprint density at radius 1 is 1.25 bits per heavy atom. The summed E-state index contributed by atoms with van der Waals surface area (Å²) in [5.41, 5.74) is 0. The third kappa shape index (κ3) is 4.10. The first-order valence-corrected chi connectivity index (χ1v) is 3.49. The van der Waals surface area contributed by atoms with E-state index in [2.05, 4.69) is 0 Å². The monoisotopic (exact) mass is 182 g/mol. The molecule has 0 saturated carbocycles. The van der Waals surface area contributed by atoms with Gasteiger partial charge in [-0.3, -0.25) is 9.59 Å². The average molecular weight is 182 g/mol. The molecule has 0 aliphatic carbocycles. The Hall–Kier alpha value is -0.870. The van der Waals surface area contributed by atoms with Gasteiger partial charge in [0.1, 0.15) is 5.78 Å². The molecule has 12 heavy (non-hydrogen) atoms. The minimum Gasteiger partial charge on any atom is -0.299 e. The van der Waals surface area contributed by atoms with E-state index in [9.17, 15) is 22.8 Å². The zero-order valence-electron chi connectivity index (χ0n) is 6.57. The van der Waals surface area contributed by atoms with Gasteiger partial charge in [-0.25, -0.2) is 0 Å². The first kappa shape index (κ1) is 11.1. The summed E-state index contributed by atoms with van der Waals surface area (Å²) in [4.78, 5) is 20.8. The number of carbonyl (C=O) groups excluding carboxylic acids is 2. The summed E-state index contributed by atoms with van der Waals surface area (Å²) < 4.78 is 34.6. The van der Waals surface area contributed by atoms with Crippen molar-refractivity contribution < 1.29 is 22.8 Å². The Bertz CT molecular complexity index is 184. The summed E-state index contributed by atoms with van der Waals surface area (Å²) in [6.07, 6.45) is -5.40. The van der Waals surface area contributed by atoms with Crippen LogP contribution in [0.25, 0.3) is 0 Å². The quantitative estimate of drug-likeness (QED) is 0.622. The molecule has 0 N–H and O–H groups in total. The molecule has 0 aromatic carbocycles. The third-order valence-corrected chi connectivity index (χ3v) is 1.20. The molecule has 5 heteroatoms. The van der Waals surface area contributed by atoms with Crippen molar-refractivity contribution in [3.63, 3.8) is 0 Å². The molecule has 0 aromatic rings. The molecule has 0 aromatic heterocycles. The van der Waals surface area contributed by atoms with Gasteiger partial charge in [0.2, 0.25) is 5.78 Å². The summed E-state index contributed by atoms with van der Waals surface area (Å²) in [6.45, 7) is 1.66. The van der Waals surface area contributed by atoms with Crippen molar-refractivity contribution in [1.29, 1.82) is 0 Å². The molecule has 0 aliphatic rings. The topological polar surface area (TPSA) is 34.1 Å². The highest BCUT2D eigenvalue weighted by atomic mass is 19.4. The van der Waals surface area contributed by atoms with Crippen LogP contribution in [0.2, 0.25) is 0 Å². The van der Waals surface area contributed by atoms with Crippen LogP contribution in [0.3, 0.4) is 0 Å². The van der Waals surface area contributed by atoms with Gasteiger partial charge in [0.05, 0.1) is 6.42 Å². The number of halogens is 3. The normalized spacial score (nSPS) is 11.3. The minimum atomic E-state index is -4.87. The molecular weight excluding hydrogens is 173 g/mol. The van der Waals surface area contributed by atoms with Crippen LogP contribution in [0.15, 0.2) is 0 Å². The zero-order valence-corrected chi connectivity index (χ0v) is 6.57. The van der Waals surface area contributed by atoms with Gasteiger partial charge in [0.15, 0.2) is 0 Å². The Balaban J connectivity index is 3.94. The Kier molecular flexibility index (Phi) is 3.92. The highest BCUT2D eigenvalue weighted by Gasteiger charge is 2.38. The lowest BCUT2D eigenvalue weighted by atomic mass is 10.1. The van der Waals surface area contributed by atoms with Gasteiger partial charge < -0.3 is 0 Å². The predicted octanol–water partition coefficient (Wildman–Crippen LogP) is 1.88. The van der Waals surface area contributed by atoms with Gasteiger partial charge >= 0.3 is 6.18 Å². The highest BCUT2D eigenvalue weighted by Crippen LogP contribution is 2.18. The molecule has 0 aliphatic heterocycles. The van der Waals surface area contributed by atoms with Crippen LogP contribution >= 0.6 is 0 Å². The Morgan fingerprint density at radius 3 is 2.08 bits per heavy atom. The summed E-state index contributed by atoms with van der Waals surface area (Å²) in [6, 6.07) is 0. The number of hydrogen-bond donors (Lipinski definition) is 0. The van der Waals surface area contributed by atoms with Crippen molar-refractivity contribution in [1.82, 2.24) is 0 Å². The molecule has 0 fully saturated rings. The summed E-state index contributed by atoms with van der Waals surface area (Å²) in [5, 5.41) is 0. The first-order valence-electron chi connectivity index (χ1n) is 3.49. The van der Waals surface area contributed by atoms with Crippen LogP contribution in [0.1, 0.15) is 26.2 Å². The lowest BCUT2D eigenvalue weighted by Crippen LogP contribution is -2.25. The van der Waals surface area contributed by atoms with Crippen LogP contribution in [-0.4, -0.2) is 17.7 Å². The van der Waals surface area contributed by atoms with Crippen molar-refractivity contribution >= 4 is 11.6 Å². The van der Waals surface area contributed by atoms with Gasteiger partial charge in [0.25, 0.3) is 0 Å². The lowest BCUT2D eigenvalue weighted by molar-refractivity contribution is -0.171. The number of alkyl halides is 3. The smallest absolute Gasteiger partial charge is 0.299 e. The van der Waals surface area contributed by atoms with Crippen molar-refractivity contribution in [2.45, 2.75) is 32.4 Å². The van der Waals surface area contributed by atoms with Gasteiger partial charge in [-0.1, -0.05) is 6.92 Å². The molecular formula is C7H9F3O2. The van der Waals surface area contributed by atoms with Gasteiger partial charge in [-0.15, -0.1) is 0 Å². The molecule has 0 amide bonds. The minimum absolute atomic E-state index is 0.0296. The fourth-order valence-corrected chi connectivity index (χ4v) is 0.647. The molecule has 0 atom stereocenters. The fourth-order valence-electron chi connectivity index (χ4n) is 0.647. The van der Waals surface area contributed by atoms with E-state index in [1.54, 1.807) is 6.92 Å². The molecule has 0 rings (SSSR count). The number of hydrogen-bond acceptors (Lipinski definition) is 2. The maximum atomic E-state index is 11.5. The van der Waals surface area contributed by atoms with E-state index in [1.807, 2.05) is 0 Å². The van der Waals surface area contributed by atoms with Gasteiger partial charge in [0, 0.05) is 6.42 Å². The molecule has 2 nitrogen and oxygen atoms in total. The SMILES string of the molecule is CCCC(=O)CC(=O)C(F)(F)F. The molecule has 70 valence electrons. The third-order valence-electron chi connectivity index (χ3n) is 1.20. The highest BCUT2D eigenvalue weighted by molar-refractivity contribution is 6.01. The van der Waals surface area contributed by atoms with Crippen molar-refractivity contribution in [3.8, 4) is 0 Å². The number of carbonyl (C=O) groups is 2. The fraction of sp³-hybridized carbons (Fsp3) is 0.714. The summed E-state index contributed by atoms with van der Waals surface area (Å²) in [7, 11) is 0. The second-order valence-electron chi connectivity index (χ2n) is 2.39. The van der Waals surface area contributed by atoms with Crippen molar-refractivity contribution in [3.05, 3.63) is 0 Å². The van der Waals surface area contributed by atoms with Crippen LogP contribution in [-0.2, 0) is 9.59 Å². The van der Waals surface area contributed by atoms with Crippen molar-refractivity contribution in [2.24, 2.45) is 0 Å². The zero-order chi connectivity index (χ0) is 9.78. The number of ketones is 2.